The first kappa shape index (κ1) is 21.3. The highest BCUT2D eigenvalue weighted by Crippen LogP contribution is 2.44. The number of amides is 1. The highest BCUT2D eigenvalue weighted by atomic mass is 35.5. The van der Waals surface area contributed by atoms with Gasteiger partial charge in [-0.15, -0.1) is 0 Å². The van der Waals surface area contributed by atoms with Gasteiger partial charge in [0.2, 0.25) is 15.9 Å². The van der Waals surface area contributed by atoms with E-state index in [9.17, 15) is 18.3 Å². The maximum atomic E-state index is 13.3. The molecule has 1 spiro atoms. The van der Waals surface area contributed by atoms with Gasteiger partial charge in [0.25, 0.3) is 0 Å². The van der Waals surface area contributed by atoms with Crippen molar-refractivity contribution in [3.63, 3.8) is 0 Å². The van der Waals surface area contributed by atoms with E-state index in [1.807, 2.05) is 24.3 Å². The third-order valence-corrected chi connectivity index (χ3v) is 8.73. The smallest absolute Gasteiger partial charge is 0.244 e. The number of carbonyl (C=O) groups is 1. The molecule has 1 N–H and O–H groups in total. The first-order valence-corrected chi connectivity index (χ1v) is 11.9. The largest absolute Gasteiger partial charge is 0.389 e. The van der Waals surface area contributed by atoms with Crippen LogP contribution >= 0.6 is 11.6 Å². The number of hydrogen-bond acceptors (Lipinski definition) is 4. The van der Waals surface area contributed by atoms with E-state index in [0.717, 1.165) is 11.3 Å². The highest BCUT2D eigenvalue weighted by molar-refractivity contribution is 7.89. The van der Waals surface area contributed by atoms with Crippen LogP contribution in [0.4, 0.5) is 5.69 Å². The second kappa shape index (κ2) is 7.96. The number of piperidine rings is 1. The molecule has 2 aliphatic rings. The van der Waals surface area contributed by atoms with Crippen LogP contribution in [-0.2, 0) is 14.8 Å². The van der Waals surface area contributed by atoms with Crippen molar-refractivity contribution in [1.29, 1.82) is 0 Å². The van der Waals surface area contributed by atoms with Crippen molar-refractivity contribution in [1.82, 2.24) is 4.31 Å². The van der Waals surface area contributed by atoms with Gasteiger partial charge >= 0.3 is 0 Å². The van der Waals surface area contributed by atoms with Gasteiger partial charge in [0.05, 0.1) is 16.5 Å². The molecule has 2 aliphatic heterocycles. The number of aliphatic hydroxyl groups is 1. The molecule has 2 aromatic rings. The Morgan fingerprint density at radius 2 is 1.60 bits per heavy atom. The van der Waals surface area contributed by atoms with Crippen LogP contribution < -0.4 is 4.90 Å². The maximum Gasteiger partial charge on any atom is 0.244 e. The molecule has 2 aromatic carbocycles. The minimum atomic E-state index is -3.68. The molecule has 1 unspecified atom stereocenters. The summed E-state index contributed by atoms with van der Waals surface area (Å²) in [7, 11) is -3.68. The molecule has 2 saturated heterocycles. The standard InChI is InChI=1S/C22H25ClN2O4S/c1-16(26)17-6-8-18(9-7-17)25-15-12-22(21(25)27)10-13-24(14-11-22)30(28,29)20-5-3-2-4-19(20)23/h2-9,16,26H,10-15H2,1H3. The molecule has 2 heterocycles. The zero-order valence-electron chi connectivity index (χ0n) is 16.8. The Balaban J connectivity index is 1.48. The second-order valence-electron chi connectivity index (χ2n) is 8.09. The van der Waals surface area contributed by atoms with Crippen LogP contribution in [-0.4, -0.2) is 43.4 Å². The predicted molar refractivity (Wildman–Crippen MR) is 116 cm³/mol. The summed E-state index contributed by atoms with van der Waals surface area (Å²) >= 11 is 6.11. The molecule has 6 nitrogen and oxygen atoms in total. The van der Waals surface area contributed by atoms with E-state index >= 15 is 0 Å². The van der Waals surface area contributed by atoms with E-state index < -0.39 is 21.5 Å². The number of anilines is 1. The summed E-state index contributed by atoms with van der Waals surface area (Å²) in [6.07, 6.45) is 1.16. The molecule has 1 amide bonds. The summed E-state index contributed by atoms with van der Waals surface area (Å²) in [6.45, 7) is 2.92. The lowest BCUT2D eigenvalue weighted by molar-refractivity contribution is -0.127. The molecule has 0 aliphatic carbocycles. The average molecular weight is 449 g/mol. The fourth-order valence-corrected chi connectivity index (χ4v) is 6.35. The van der Waals surface area contributed by atoms with Crippen molar-refractivity contribution in [2.45, 2.75) is 37.2 Å². The molecular weight excluding hydrogens is 424 g/mol. The Morgan fingerprint density at radius 3 is 2.20 bits per heavy atom. The first-order valence-electron chi connectivity index (χ1n) is 10.1. The summed E-state index contributed by atoms with van der Waals surface area (Å²) < 4.78 is 27.4. The van der Waals surface area contributed by atoms with Crippen LogP contribution in [0.2, 0.25) is 5.02 Å². The Hall–Kier alpha value is -1.93. The molecule has 4 rings (SSSR count). The van der Waals surface area contributed by atoms with E-state index in [-0.39, 0.29) is 15.8 Å². The molecule has 0 radical (unpaired) electrons. The summed E-state index contributed by atoms with van der Waals surface area (Å²) in [4.78, 5) is 15.2. The SMILES string of the molecule is CC(O)c1ccc(N2CCC3(CCN(S(=O)(=O)c4ccccc4Cl)CC3)C2=O)cc1. The Bertz CT molecular complexity index is 1050. The van der Waals surface area contributed by atoms with Gasteiger partial charge in [-0.2, -0.15) is 4.31 Å². The third-order valence-electron chi connectivity index (χ3n) is 6.33. The lowest BCUT2D eigenvalue weighted by Crippen LogP contribution is -2.46. The number of sulfonamides is 1. The van der Waals surface area contributed by atoms with Crippen LogP contribution in [0.25, 0.3) is 0 Å². The van der Waals surface area contributed by atoms with Gasteiger partial charge in [0.1, 0.15) is 4.90 Å². The van der Waals surface area contributed by atoms with Crippen molar-refractivity contribution < 1.29 is 18.3 Å². The lowest BCUT2D eigenvalue weighted by atomic mass is 9.77. The van der Waals surface area contributed by atoms with E-state index in [2.05, 4.69) is 0 Å². The molecule has 0 saturated carbocycles. The topological polar surface area (TPSA) is 77.9 Å². The number of carbonyl (C=O) groups excluding carboxylic acids is 1. The van der Waals surface area contributed by atoms with Gasteiger partial charge in [-0.3, -0.25) is 4.79 Å². The molecule has 8 heteroatoms. The number of halogens is 1. The zero-order chi connectivity index (χ0) is 21.5. The van der Waals surface area contributed by atoms with E-state index in [1.165, 1.54) is 10.4 Å². The van der Waals surface area contributed by atoms with Gasteiger partial charge in [-0.25, -0.2) is 8.42 Å². The summed E-state index contributed by atoms with van der Waals surface area (Å²) in [5.41, 5.74) is 1.10. The van der Waals surface area contributed by atoms with E-state index in [4.69, 9.17) is 11.6 Å². The fourth-order valence-electron chi connectivity index (χ4n) is 4.41. The average Bonchev–Trinajstić information content (AvgIpc) is 3.04. The van der Waals surface area contributed by atoms with Crippen molar-refractivity contribution >= 4 is 33.2 Å². The highest BCUT2D eigenvalue weighted by Gasteiger charge is 2.50. The zero-order valence-corrected chi connectivity index (χ0v) is 18.4. The monoisotopic (exact) mass is 448 g/mol. The molecule has 2 fully saturated rings. The molecule has 160 valence electrons. The minimum Gasteiger partial charge on any atom is -0.389 e. The Kier molecular flexibility index (Phi) is 5.66. The Labute approximate surface area is 182 Å². The number of nitrogens with zero attached hydrogens (tertiary/aromatic N) is 2. The van der Waals surface area contributed by atoms with Crippen LogP contribution in [0, 0.1) is 5.41 Å². The van der Waals surface area contributed by atoms with Crippen molar-refractivity contribution in [3.8, 4) is 0 Å². The van der Waals surface area contributed by atoms with Crippen LogP contribution in [0.5, 0.6) is 0 Å². The maximum absolute atomic E-state index is 13.3. The fraction of sp³-hybridized carbons (Fsp3) is 0.409. The molecular formula is C22H25ClN2O4S. The van der Waals surface area contributed by atoms with Gasteiger partial charge in [-0.05, 0) is 56.0 Å². The molecule has 0 aromatic heterocycles. The summed E-state index contributed by atoms with van der Waals surface area (Å²) in [6, 6.07) is 13.8. The first-order chi connectivity index (χ1) is 14.2. The van der Waals surface area contributed by atoms with Gasteiger partial charge in [0, 0.05) is 25.3 Å². The van der Waals surface area contributed by atoms with Crippen molar-refractivity contribution in [3.05, 3.63) is 59.1 Å². The number of rotatable bonds is 4. The van der Waals surface area contributed by atoms with Gasteiger partial charge in [0.15, 0.2) is 0 Å². The Morgan fingerprint density at radius 1 is 1.00 bits per heavy atom. The second-order valence-corrected chi connectivity index (χ2v) is 10.4. The normalized spacial score (nSPS) is 20.6. The van der Waals surface area contributed by atoms with Crippen molar-refractivity contribution in [2.24, 2.45) is 5.41 Å². The summed E-state index contributed by atoms with van der Waals surface area (Å²) in [5.74, 6) is 0.0575. The molecule has 1 atom stereocenters. The third kappa shape index (κ3) is 3.64. The van der Waals surface area contributed by atoms with Crippen molar-refractivity contribution in [2.75, 3.05) is 24.5 Å². The van der Waals surface area contributed by atoms with E-state index in [0.29, 0.717) is 38.9 Å². The molecule has 30 heavy (non-hydrogen) atoms. The van der Waals surface area contributed by atoms with E-state index in [1.54, 1.807) is 30.0 Å². The lowest BCUT2D eigenvalue weighted by Gasteiger charge is -2.37. The van der Waals surface area contributed by atoms with Gasteiger partial charge < -0.3 is 10.0 Å². The van der Waals surface area contributed by atoms with Gasteiger partial charge in [-0.1, -0.05) is 35.9 Å². The molecule has 0 bridgehead atoms. The number of aliphatic hydroxyl groups excluding tert-OH is 1. The van der Waals surface area contributed by atoms with Crippen LogP contribution in [0.1, 0.15) is 37.9 Å². The summed E-state index contributed by atoms with van der Waals surface area (Å²) in [5, 5.41) is 9.89. The van der Waals surface area contributed by atoms with Crippen LogP contribution in [0.15, 0.2) is 53.4 Å². The quantitative estimate of drug-likeness (QED) is 0.775. The number of benzene rings is 2. The van der Waals surface area contributed by atoms with Crippen LogP contribution in [0.3, 0.4) is 0 Å². The number of hydrogen-bond donors (Lipinski definition) is 1. The minimum absolute atomic E-state index is 0.0575. The predicted octanol–water partition coefficient (Wildman–Crippen LogP) is 3.60.